The van der Waals surface area contributed by atoms with E-state index in [1.54, 1.807) is 31.9 Å². The lowest BCUT2D eigenvalue weighted by Crippen LogP contribution is -2.81. The minimum Gasteiger partial charge on any atom is -0.497 e. The highest BCUT2D eigenvalue weighted by Gasteiger charge is 2.74. The number of hydrogen-bond donors (Lipinski definition) is 0. The maximum atomic E-state index is 13.5. The van der Waals surface area contributed by atoms with Gasteiger partial charge in [-0.15, -0.1) is 6.58 Å². The zero-order chi connectivity index (χ0) is 20.3. The van der Waals surface area contributed by atoms with Crippen LogP contribution < -0.4 is 9.64 Å². The van der Waals surface area contributed by atoms with Gasteiger partial charge in [0.25, 0.3) is 5.91 Å². The van der Waals surface area contributed by atoms with E-state index in [9.17, 15) is 4.79 Å². The monoisotopic (exact) mass is 389 g/mol. The standard InChI is InChI=1S/C21H27NO6/c1-7-16-21(28-20(4,5)27-16)17(15-12-25-19(2,3)26-15)22(18(21)23)13-8-10-14(24-6)11-9-13/h7-11,15-17H,1,12H2,2-6H3/t15-,16+,17+,21-/m1/s1. The van der Waals surface area contributed by atoms with Gasteiger partial charge in [-0.2, -0.15) is 0 Å². The zero-order valence-electron chi connectivity index (χ0n) is 16.9. The second kappa shape index (κ2) is 6.29. The number of anilines is 1. The minimum absolute atomic E-state index is 0.175. The number of β-lactam (4-membered cyclic amide) rings is 1. The Bertz CT molecular complexity index is 789. The molecule has 0 unspecified atom stereocenters. The molecule has 0 radical (unpaired) electrons. The van der Waals surface area contributed by atoms with Gasteiger partial charge in [0.15, 0.2) is 11.6 Å². The maximum Gasteiger partial charge on any atom is 0.265 e. The van der Waals surface area contributed by atoms with Gasteiger partial charge in [0, 0.05) is 5.69 Å². The van der Waals surface area contributed by atoms with E-state index in [1.807, 2.05) is 38.1 Å². The van der Waals surface area contributed by atoms with Gasteiger partial charge in [-0.1, -0.05) is 6.08 Å². The van der Waals surface area contributed by atoms with Gasteiger partial charge >= 0.3 is 0 Å². The van der Waals surface area contributed by atoms with Crippen molar-refractivity contribution in [2.24, 2.45) is 0 Å². The van der Waals surface area contributed by atoms with Gasteiger partial charge in [-0.05, 0) is 52.0 Å². The van der Waals surface area contributed by atoms with Crippen LogP contribution in [-0.4, -0.2) is 55.0 Å². The highest BCUT2D eigenvalue weighted by molar-refractivity contribution is 6.09. The van der Waals surface area contributed by atoms with Crippen LogP contribution in [0.4, 0.5) is 5.69 Å². The van der Waals surface area contributed by atoms with E-state index in [0.29, 0.717) is 6.61 Å². The van der Waals surface area contributed by atoms with E-state index in [4.69, 9.17) is 23.7 Å². The van der Waals surface area contributed by atoms with Crippen LogP contribution in [0.25, 0.3) is 0 Å². The fourth-order valence-corrected chi connectivity index (χ4v) is 4.40. The number of hydrogen-bond acceptors (Lipinski definition) is 6. The van der Waals surface area contributed by atoms with E-state index in [-0.39, 0.29) is 12.0 Å². The Morgan fingerprint density at radius 1 is 1.14 bits per heavy atom. The number of methoxy groups -OCH3 is 1. The molecule has 4 rings (SSSR count). The number of carbonyl (C=O) groups excluding carboxylic acids is 1. The molecule has 7 heteroatoms. The van der Waals surface area contributed by atoms with Gasteiger partial charge in [0.2, 0.25) is 5.60 Å². The number of benzene rings is 1. The zero-order valence-corrected chi connectivity index (χ0v) is 16.9. The molecule has 1 aromatic carbocycles. The molecular weight excluding hydrogens is 362 g/mol. The van der Waals surface area contributed by atoms with Crippen LogP contribution in [0.15, 0.2) is 36.9 Å². The molecule has 0 aliphatic carbocycles. The summed E-state index contributed by atoms with van der Waals surface area (Å²) < 4.78 is 29.4. The molecule has 3 aliphatic rings. The Kier molecular flexibility index (Phi) is 4.35. The van der Waals surface area contributed by atoms with E-state index < -0.39 is 29.3 Å². The molecule has 1 spiro atoms. The first-order chi connectivity index (χ1) is 13.1. The van der Waals surface area contributed by atoms with Crippen molar-refractivity contribution in [2.75, 3.05) is 18.6 Å². The summed E-state index contributed by atoms with van der Waals surface area (Å²) in [6.45, 7) is 11.5. The second-order valence-electron chi connectivity index (χ2n) is 8.25. The number of amides is 1. The smallest absolute Gasteiger partial charge is 0.265 e. The summed E-state index contributed by atoms with van der Waals surface area (Å²) in [6, 6.07) is 6.92. The quantitative estimate of drug-likeness (QED) is 0.583. The Labute approximate surface area is 165 Å². The van der Waals surface area contributed by atoms with Gasteiger partial charge < -0.3 is 28.6 Å². The third-order valence-corrected chi connectivity index (χ3v) is 5.47. The summed E-state index contributed by atoms with van der Waals surface area (Å²) >= 11 is 0. The topological polar surface area (TPSA) is 66.5 Å². The van der Waals surface area contributed by atoms with Crippen LogP contribution in [0.3, 0.4) is 0 Å². The Balaban J connectivity index is 1.75. The summed E-state index contributed by atoms with van der Waals surface area (Å²) in [5.74, 6) is -1.09. The normalized spacial score (nSPS) is 35.8. The van der Waals surface area contributed by atoms with E-state index >= 15 is 0 Å². The van der Waals surface area contributed by atoms with E-state index in [2.05, 4.69) is 6.58 Å². The van der Waals surface area contributed by atoms with Crippen LogP contribution in [0.5, 0.6) is 5.75 Å². The average Bonchev–Trinajstić information content (AvgIpc) is 3.15. The summed E-state index contributed by atoms with van der Waals surface area (Å²) in [5.41, 5.74) is -0.453. The predicted molar refractivity (Wildman–Crippen MR) is 102 cm³/mol. The lowest BCUT2D eigenvalue weighted by molar-refractivity contribution is -0.201. The maximum absolute atomic E-state index is 13.5. The van der Waals surface area contributed by atoms with Crippen molar-refractivity contribution in [3.8, 4) is 5.75 Å². The number of carbonyl (C=O) groups is 1. The lowest BCUT2D eigenvalue weighted by Gasteiger charge is -2.56. The molecule has 1 aromatic rings. The third kappa shape index (κ3) is 2.76. The molecule has 0 N–H and O–H groups in total. The highest BCUT2D eigenvalue weighted by atomic mass is 16.8. The van der Waals surface area contributed by atoms with Gasteiger partial charge in [0.1, 0.15) is 24.0 Å². The number of ether oxygens (including phenoxy) is 5. The molecule has 3 saturated heterocycles. The van der Waals surface area contributed by atoms with E-state index in [0.717, 1.165) is 11.4 Å². The predicted octanol–water partition coefficient (Wildman–Crippen LogP) is 2.64. The summed E-state index contributed by atoms with van der Waals surface area (Å²) in [7, 11) is 1.61. The van der Waals surface area contributed by atoms with Crippen molar-refractivity contribution in [3.63, 3.8) is 0 Å². The average molecular weight is 389 g/mol. The Morgan fingerprint density at radius 2 is 1.82 bits per heavy atom. The molecule has 3 aliphatic heterocycles. The van der Waals surface area contributed by atoms with Crippen LogP contribution in [-0.2, 0) is 23.7 Å². The lowest BCUT2D eigenvalue weighted by atomic mass is 9.74. The SMILES string of the molecule is C=C[C@@H]1OC(C)(C)O[C@]12C(=O)N(c1ccc(OC)cc1)[C@H]2[C@H]1COC(C)(C)O1. The molecule has 7 nitrogen and oxygen atoms in total. The minimum atomic E-state index is -1.19. The van der Waals surface area contributed by atoms with Crippen molar-refractivity contribution >= 4 is 11.6 Å². The first kappa shape index (κ1) is 19.4. The van der Waals surface area contributed by atoms with Crippen molar-refractivity contribution in [2.45, 2.75) is 63.1 Å². The molecule has 0 saturated carbocycles. The first-order valence-corrected chi connectivity index (χ1v) is 9.43. The first-order valence-electron chi connectivity index (χ1n) is 9.43. The van der Waals surface area contributed by atoms with E-state index in [1.165, 1.54) is 0 Å². The van der Waals surface area contributed by atoms with Crippen molar-refractivity contribution < 1.29 is 28.5 Å². The third-order valence-electron chi connectivity index (χ3n) is 5.47. The number of rotatable bonds is 4. The van der Waals surface area contributed by atoms with Crippen LogP contribution in [0.2, 0.25) is 0 Å². The molecule has 152 valence electrons. The summed E-state index contributed by atoms with van der Waals surface area (Å²) in [6.07, 6.45) is 0.683. The molecule has 0 aromatic heterocycles. The summed E-state index contributed by atoms with van der Waals surface area (Å²) in [4.78, 5) is 15.2. The fourth-order valence-electron chi connectivity index (χ4n) is 4.40. The number of nitrogens with zero attached hydrogens (tertiary/aromatic N) is 1. The molecule has 3 fully saturated rings. The van der Waals surface area contributed by atoms with Gasteiger partial charge in [-0.25, -0.2) is 0 Å². The second-order valence-corrected chi connectivity index (χ2v) is 8.25. The van der Waals surface area contributed by atoms with Crippen LogP contribution >= 0.6 is 0 Å². The fraction of sp³-hybridized carbons (Fsp3) is 0.571. The van der Waals surface area contributed by atoms with Crippen LogP contribution in [0, 0.1) is 0 Å². The van der Waals surface area contributed by atoms with Crippen molar-refractivity contribution in [1.82, 2.24) is 0 Å². The molecule has 0 bridgehead atoms. The van der Waals surface area contributed by atoms with Crippen molar-refractivity contribution in [3.05, 3.63) is 36.9 Å². The molecule has 28 heavy (non-hydrogen) atoms. The Hall–Kier alpha value is -1.93. The molecule has 4 atom stereocenters. The van der Waals surface area contributed by atoms with Gasteiger partial charge in [-0.3, -0.25) is 4.79 Å². The van der Waals surface area contributed by atoms with Gasteiger partial charge in [0.05, 0.1) is 13.7 Å². The summed E-state index contributed by atoms with van der Waals surface area (Å²) in [5, 5.41) is 0. The highest BCUT2D eigenvalue weighted by Crippen LogP contribution is 2.52. The largest absolute Gasteiger partial charge is 0.497 e. The van der Waals surface area contributed by atoms with Crippen molar-refractivity contribution in [1.29, 1.82) is 0 Å². The molecule has 3 heterocycles. The molecule has 1 amide bonds. The van der Waals surface area contributed by atoms with Crippen LogP contribution in [0.1, 0.15) is 27.7 Å². The molecular formula is C21H27NO6. The Morgan fingerprint density at radius 3 is 2.36 bits per heavy atom.